The van der Waals surface area contributed by atoms with E-state index in [2.05, 4.69) is 50.2 Å². The topological polar surface area (TPSA) is 26.0 Å². The van der Waals surface area contributed by atoms with Gasteiger partial charge in [-0.15, -0.1) is 0 Å². The van der Waals surface area contributed by atoms with Gasteiger partial charge in [-0.1, -0.05) is 63.1 Å². The Bertz CT molecular complexity index is 510. The van der Waals surface area contributed by atoms with E-state index in [1.807, 2.05) is 12.1 Å². The molecule has 2 aromatic rings. The molecule has 0 radical (unpaired) electrons. The number of hydrogen-bond donors (Lipinski definition) is 1. The van der Waals surface area contributed by atoms with E-state index in [9.17, 15) is 0 Å². The summed E-state index contributed by atoms with van der Waals surface area (Å²) < 4.78 is 0. The van der Waals surface area contributed by atoms with Gasteiger partial charge in [-0.05, 0) is 41.7 Å². The van der Waals surface area contributed by atoms with Crippen LogP contribution in [0, 0.1) is 0 Å². The van der Waals surface area contributed by atoms with Crippen LogP contribution in [0.4, 0.5) is 5.69 Å². The van der Waals surface area contributed by atoms with Gasteiger partial charge in [0.15, 0.2) is 0 Å². The van der Waals surface area contributed by atoms with Crippen LogP contribution in [0.5, 0.6) is 0 Å². The minimum Gasteiger partial charge on any atom is -0.399 e. The number of nitrogens with two attached hydrogens (primary N) is 1. The third-order valence-electron chi connectivity index (χ3n) is 3.84. The Morgan fingerprint density at radius 3 is 1.85 bits per heavy atom. The molecule has 1 heteroatoms. The van der Waals surface area contributed by atoms with Crippen LogP contribution in [0.25, 0.3) is 0 Å². The van der Waals surface area contributed by atoms with Crippen molar-refractivity contribution in [3.63, 3.8) is 0 Å². The van der Waals surface area contributed by atoms with Gasteiger partial charge in [-0.25, -0.2) is 0 Å². The molecule has 20 heavy (non-hydrogen) atoms. The van der Waals surface area contributed by atoms with Crippen molar-refractivity contribution < 1.29 is 0 Å². The Labute approximate surface area is 122 Å². The van der Waals surface area contributed by atoms with Gasteiger partial charge < -0.3 is 5.73 Å². The monoisotopic (exact) mass is 267 g/mol. The maximum absolute atomic E-state index is 5.79. The van der Waals surface area contributed by atoms with Gasteiger partial charge in [-0.3, -0.25) is 0 Å². The highest BCUT2D eigenvalue weighted by atomic mass is 14.5. The van der Waals surface area contributed by atoms with Crippen molar-refractivity contribution in [3.8, 4) is 0 Å². The molecule has 0 aliphatic heterocycles. The number of benzene rings is 2. The molecule has 2 N–H and O–H groups in total. The van der Waals surface area contributed by atoms with Crippen LogP contribution in [0.1, 0.15) is 55.7 Å². The van der Waals surface area contributed by atoms with E-state index in [0.717, 1.165) is 5.69 Å². The van der Waals surface area contributed by atoms with Crippen LogP contribution in [0.2, 0.25) is 0 Å². The first-order chi connectivity index (χ1) is 9.74. The van der Waals surface area contributed by atoms with E-state index >= 15 is 0 Å². The lowest BCUT2D eigenvalue weighted by Crippen LogP contribution is -2.01. The number of anilines is 1. The van der Waals surface area contributed by atoms with Crippen LogP contribution < -0.4 is 5.73 Å². The summed E-state index contributed by atoms with van der Waals surface area (Å²) in [6, 6.07) is 17.5. The Morgan fingerprint density at radius 1 is 0.800 bits per heavy atom. The van der Waals surface area contributed by atoms with Crippen molar-refractivity contribution in [1.82, 2.24) is 0 Å². The molecule has 2 aromatic carbocycles. The maximum Gasteiger partial charge on any atom is 0.0314 e. The fourth-order valence-electron chi connectivity index (χ4n) is 2.75. The Balaban J connectivity index is 2.25. The molecule has 1 unspecified atom stereocenters. The predicted molar refractivity (Wildman–Crippen MR) is 88.0 cm³/mol. The first kappa shape index (κ1) is 14.6. The Morgan fingerprint density at radius 2 is 1.35 bits per heavy atom. The van der Waals surface area contributed by atoms with Crippen molar-refractivity contribution in [2.75, 3.05) is 5.73 Å². The van der Waals surface area contributed by atoms with Crippen molar-refractivity contribution in [3.05, 3.63) is 65.2 Å². The zero-order valence-electron chi connectivity index (χ0n) is 12.6. The number of nitrogen functional groups attached to an aromatic ring is 1. The number of aryl methyl sites for hydroxylation is 1. The molecule has 0 saturated heterocycles. The standard InChI is InChI=1S/C19H25N/c1-3-5-15-7-9-16(10-8-15)19(6-4-2)17-11-13-18(20)14-12-17/h7-14,19H,3-6,20H2,1-2H3. The molecule has 0 fully saturated rings. The molecule has 106 valence electrons. The molecular formula is C19H25N. The summed E-state index contributed by atoms with van der Waals surface area (Å²) in [7, 11) is 0. The lowest BCUT2D eigenvalue weighted by atomic mass is 9.87. The normalized spacial score (nSPS) is 12.3. The highest BCUT2D eigenvalue weighted by Crippen LogP contribution is 2.30. The molecular weight excluding hydrogens is 242 g/mol. The summed E-state index contributed by atoms with van der Waals surface area (Å²) in [5, 5.41) is 0. The largest absolute Gasteiger partial charge is 0.399 e. The summed E-state index contributed by atoms with van der Waals surface area (Å²) >= 11 is 0. The fourth-order valence-corrected chi connectivity index (χ4v) is 2.75. The highest BCUT2D eigenvalue weighted by molar-refractivity contribution is 5.43. The molecule has 0 heterocycles. The quantitative estimate of drug-likeness (QED) is 0.719. The van der Waals surface area contributed by atoms with Crippen LogP contribution in [0.15, 0.2) is 48.5 Å². The van der Waals surface area contributed by atoms with Crippen LogP contribution in [0.3, 0.4) is 0 Å². The van der Waals surface area contributed by atoms with Gasteiger partial charge in [0.1, 0.15) is 0 Å². The zero-order valence-corrected chi connectivity index (χ0v) is 12.6. The van der Waals surface area contributed by atoms with Gasteiger partial charge in [0.25, 0.3) is 0 Å². The van der Waals surface area contributed by atoms with E-state index in [4.69, 9.17) is 5.73 Å². The maximum atomic E-state index is 5.79. The molecule has 0 aliphatic rings. The second-order valence-corrected chi connectivity index (χ2v) is 5.50. The van der Waals surface area contributed by atoms with E-state index in [1.54, 1.807) is 0 Å². The van der Waals surface area contributed by atoms with Crippen LogP contribution >= 0.6 is 0 Å². The van der Waals surface area contributed by atoms with Gasteiger partial charge >= 0.3 is 0 Å². The SMILES string of the molecule is CCCc1ccc(C(CCC)c2ccc(N)cc2)cc1. The minimum absolute atomic E-state index is 0.483. The van der Waals surface area contributed by atoms with Gasteiger partial charge in [-0.2, -0.15) is 0 Å². The average Bonchev–Trinajstić information content (AvgIpc) is 2.47. The van der Waals surface area contributed by atoms with E-state index < -0.39 is 0 Å². The third-order valence-corrected chi connectivity index (χ3v) is 3.84. The van der Waals surface area contributed by atoms with Crippen molar-refractivity contribution >= 4 is 5.69 Å². The summed E-state index contributed by atoms with van der Waals surface area (Å²) in [6.07, 6.45) is 4.74. The molecule has 1 atom stereocenters. The Kier molecular flexibility index (Phi) is 5.23. The fraction of sp³-hybridized carbons (Fsp3) is 0.368. The van der Waals surface area contributed by atoms with Gasteiger partial charge in [0.05, 0.1) is 0 Å². The minimum atomic E-state index is 0.483. The van der Waals surface area contributed by atoms with Gasteiger partial charge in [0.2, 0.25) is 0 Å². The Hall–Kier alpha value is -1.76. The molecule has 2 rings (SSSR count). The van der Waals surface area contributed by atoms with E-state index in [0.29, 0.717) is 5.92 Å². The highest BCUT2D eigenvalue weighted by Gasteiger charge is 2.13. The molecule has 0 saturated carbocycles. The molecule has 0 aromatic heterocycles. The lowest BCUT2D eigenvalue weighted by Gasteiger charge is -2.18. The molecule has 0 bridgehead atoms. The average molecular weight is 267 g/mol. The molecule has 0 spiro atoms. The van der Waals surface area contributed by atoms with E-state index in [-0.39, 0.29) is 0 Å². The van der Waals surface area contributed by atoms with Crippen LogP contribution in [-0.2, 0) is 6.42 Å². The first-order valence-electron chi connectivity index (χ1n) is 7.68. The number of hydrogen-bond acceptors (Lipinski definition) is 1. The second kappa shape index (κ2) is 7.14. The summed E-state index contributed by atoms with van der Waals surface area (Å²) in [4.78, 5) is 0. The van der Waals surface area contributed by atoms with Crippen molar-refractivity contribution in [2.24, 2.45) is 0 Å². The van der Waals surface area contributed by atoms with Crippen molar-refractivity contribution in [2.45, 2.75) is 45.4 Å². The van der Waals surface area contributed by atoms with Gasteiger partial charge in [0, 0.05) is 11.6 Å². The van der Waals surface area contributed by atoms with Crippen molar-refractivity contribution in [1.29, 1.82) is 0 Å². The van der Waals surface area contributed by atoms with Crippen LogP contribution in [-0.4, -0.2) is 0 Å². The lowest BCUT2D eigenvalue weighted by molar-refractivity contribution is 0.698. The summed E-state index contributed by atoms with van der Waals surface area (Å²) in [5.41, 5.74) is 10.8. The zero-order chi connectivity index (χ0) is 14.4. The number of rotatable bonds is 6. The molecule has 0 amide bonds. The summed E-state index contributed by atoms with van der Waals surface area (Å²) in [6.45, 7) is 4.47. The predicted octanol–water partition coefficient (Wildman–Crippen LogP) is 5.15. The first-order valence-corrected chi connectivity index (χ1v) is 7.68. The molecule has 1 nitrogen and oxygen atoms in total. The smallest absolute Gasteiger partial charge is 0.0314 e. The second-order valence-electron chi connectivity index (χ2n) is 5.50. The summed E-state index contributed by atoms with van der Waals surface area (Å²) in [5.74, 6) is 0.483. The van der Waals surface area contributed by atoms with E-state index in [1.165, 1.54) is 42.4 Å². The third kappa shape index (κ3) is 3.63. The molecule has 0 aliphatic carbocycles.